The summed E-state index contributed by atoms with van der Waals surface area (Å²) in [5, 5.41) is 50.7. The van der Waals surface area contributed by atoms with Crippen molar-refractivity contribution in [1.82, 2.24) is 20.2 Å². The van der Waals surface area contributed by atoms with E-state index in [1.165, 1.54) is 4.90 Å². The molecule has 0 aliphatic carbocycles. The second-order valence-electron chi connectivity index (χ2n) is 12.8. The molecular formula is C33H49F2N5O8. The quantitative estimate of drug-likeness (QED) is 0.113. The molecule has 2 saturated heterocycles. The smallest absolute Gasteiger partial charge is 0.227 e. The minimum absolute atomic E-state index is 0.0311. The highest BCUT2D eigenvalue weighted by Gasteiger charge is 2.33. The number of carbonyl (C=O) groups is 1. The molecule has 0 radical (unpaired) electrons. The maximum absolute atomic E-state index is 14.8. The number of carbonyl (C=O) groups excluding carboxylic acids is 1. The lowest BCUT2D eigenvalue weighted by Gasteiger charge is -2.39. The van der Waals surface area contributed by atoms with Crippen molar-refractivity contribution in [1.29, 1.82) is 0 Å². The molecule has 6 N–H and O–H groups in total. The van der Waals surface area contributed by atoms with E-state index in [2.05, 4.69) is 20.2 Å². The number of aromatic nitrogens is 2. The van der Waals surface area contributed by atoms with Gasteiger partial charge in [0.1, 0.15) is 35.7 Å². The van der Waals surface area contributed by atoms with Gasteiger partial charge in [0.15, 0.2) is 0 Å². The average Bonchev–Trinajstić information content (AvgIpc) is 3.06. The Morgan fingerprint density at radius 3 is 2.27 bits per heavy atom. The zero-order valence-electron chi connectivity index (χ0n) is 27.4. The number of ether oxygens (including phenoxy) is 2. The number of piperidine rings is 1. The lowest BCUT2D eigenvalue weighted by atomic mass is 9.92. The summed E-state index contributed by atoms with van der Waals surface area (Å²) < 4.78 is 40.3. The first-order chi connectivity index (χ1) is 23.1. The Labute approximate surface area is 279 Å². The SMILES string of the molecule is COCc1cnc(N2CCC(CCCCOc3cc(F)c(CC(=O)N4CC(CNC[C@H](O)[C@@H](O)[C@H](O)[C@H](O)CO)C4)c(F)c3)CC2)nc1. The van der Waals surface area contributed by atoms with Gasteiger partial charge in [0.05, 0.1) is 32.3 Å². The molecule has 2 aliphatic heterocycles. The number of aliphatic hydroxyl groups excluding tert-OH is 5. The molecule has 1 aromatic heterocycles. The van der Waals surface area contributed by atoms with Crippen molar-refractivity contribution in [2.24, 2.45) is 11.8 Å². The van der Waals surface area contributed by atoms with Crippen LogP contribution in [0.3, 0.4) is 0 Å². The molecule has 48 heavy (non-hydrogen) atoms. The van der Waals surface area contributed by atoms with Crippen LogP contribution in [0.5, 0.6) is 5.75 Å². The van der Waals surface area contributed by atoms with Gasteiger partial charge in [0, 0.05) is 87.9 Å². The molecule has 3 heterocycles. The number of amides is 1. The monoisotopic (exact) mass is 681 g/mol. The summed E-state index contributed by atoms with van der Waals surface area (Å²) in [5.74, 6) is -0.615. The van der Waals surface area contributed by atoms with Crippen LogP contribution in [0.1, 0.15) is 43.2 Å². The lowest BCUT2D eigenvalue weighted by molar-refractivity contribution is -0.136. The van der Waals surface area contributed by atoms with Gasteiger partial charge < -0.3 is 50.1 Å². The molecule has 4 atom stereocenters. The van der Waals surface area contributed by atoms with Crippen LogP contribution in [-0.2, 0) is 22.6 Å². The van der Waals surface area contributed by atoms with Gasteiger partial charge in [-0.1, -0.05) is 6.42 Å². The summed E-state index contributed by atoms with van der Waals surface area (Å²) in [7, 11) is 1.64. The summed E-state index contributed by atoms with van der Waals surface area (Å²) in [6.07, 6.45) is 1.69. The number of hydrogen-bond donors (Lipinski definition) is 6. The number of methoxy groups -OCH3 is 1. The summed E-state index contributed by atoms with van der Waals surface area (Å²) in [5.41, 5.74) is 0.632. The van der Waals surface area contributed by atoms with Gasteiger partial charge >= 0.3 is 0 Å². The molecule has 1 aromatic carbocycles. The van der Waals surface area contributed by atoms with Crippen molar-refractivity contribution in [3.05, 3.63) is 47.3 Å². The lowest BCUT2D eigenvalue weighted by Crippen LogP contribution is -2.55. The first-order valence-corrected chi connectivity index (χ1v) is 16.6. The molecule has 2 fully saturated rings. The number of nitrogens with one attached hydrogen (secondary N) is 1. The number of nitrogens with zero attached hydrogens (tertiary/aromatic N) is 4. The standard InChI is InChI=1S/C33H49F2N5O8/c1-47-20-22-14-37-33(38-15-22)39-7-5-21(6-8-39)4-2-3-9-48-24-10-26(34)25(27(35)11-24)12-30(44)40-17-23(18-40)13-36-16-28(42)31(45)32(46)29(43)19-41/h10-11,14-15,21,23,28-29,31-32,36,41-43,45-46H,2-9,12-13,16-20H2,1H3/t28-,29+,31+,32+/m0/s1. The fourth-order valence-electron chi connectivity index (χ4n) is 6.02. The number of unbranched alkanes of at least 4 members (excludes halogenated alkanes) is 1. The van der Waals surface area contributed by atoms with Crippen LogP contribution in [0.15, 0.2) is 24.5 Å². The first kappa shape index (κ1) is 37.8. The van der Waals surface area contributed by atoms with E-state index in [0.717, 1.165) is 68.8 Å². The van der Waals surface area contributed by atoms with Crippen LogP contribution < -0.4 is 15.0 Å². The van der Waals surface area contributed by atoms with Gasteiger partial charge in [-0.15, -0.1) is 0 Å². The van der Waals surface area contributed by atoms with Crippen molar-refractivity contribution in [3.8, 4) is 5.75 Å². The molecule has 0 saturated carbocycles. The molecule has 15 heteroatoms. The van der Waals surface area contributed by atoms with E-state index < -0.39 is 55.0 Å². The third-order valence-electron chi connectivity index (χ3n) is 9.04. The van der Waals surface area contributed by atoms with Gasteiger partial charge in [0.25, 0.3) is 0 Å². The van der Waals surface area contributed by atoms with Gasteiger partial charge in [0.2, 0.25) is 11.9 Å². The Hall–Kier alpha value is -3.05. The Morgan fingerprint density at radius 2 is 1.65 bits per heavy atom. The van der Waals surface area contributed by atoms with Crippen LogP contribution in [0.25, 0.3) is 0 Å². The predicted molar refractivity (Wildman–Crippen MR) is 171 cm³/mol. The van der Waals surface area contributed by atoms with Crippen molar-refractivity contribution in [3.63, 3.8) is 0 Å². The third kappa shape index (κ3) is 10.7. The van der Waals surface area contributed by atoms with Crippen molar-refractivity contribution >= 4 is 11.9 Å². The largest absolute Gasteiger partial charge is 0.493 e. The van der Waals surface area contributed by atoms with Crippen molar-refractivity contribution < 1.29 is 48.6 Å². The maximum Gasteiger partial charge on any atom is 0.227 e. The fourth-order valence-corrected chi connectivity index (χ4v) is 6.02. The highest BCUT2D eigenvalue weighted by molar-refractivity contribution is 5.79. The summed E-state index contributed by atoms with van der Waals surface area (Å²) in [6, 6.07) is 2.23. The van der Waals surface area contributed by atoms with E-state index in [4.69, 9.17) is 14.6 Å². The highest BCUT2D eigenvalue weighted by Crippen LogP contribution is 2.26. The molecule has 0 spiro atoms. The number of benzene rings is 1. The molecule has 268 valence electrons. The topological polar surface area (TPSA) is 181 Å². The number of likely N-dealkylation sites (tertiary alicyclic amines) is 1. The van der Waals surface area contributed by atoms with Crippen LogP contribution >= 0.6 is 0 Å². The molecule has 2 aliphatic rings. The summed E-state index contributed by atoms with van der Waals surface area (Å²) >= 11 is 0. The molecule has 0 bridgehead atoms. The van der Waals surface area contributed by atoms with E-state index in [-0.39, 0.29) is 23.8 Å². The Morgan fingerprint density at radius 1 is 1.00 bits per heavy atom. The Balaban J connectivity index is 1.09. The second-order valence-corrected chi connectivity index (χ2v) is 12.8. The number of hydrogen-bond acceptors (Lipinski definition) is 12. The zero-order valence-corrected chi connectivity index (χ0v) is 27.4. The third-order valence-corrected chi connectivity index (χ3v) is 9.04. The Kier molecular flexibility index (Phi) is 14.7. The average molecular weight is 682 g/mol. The predicted octanol–water partition coefficient (Wildman–Crippen LogP) is 0.393. The van der Waals surface area contributed by atoms with E-state index >= 15 is 0 Å². The van der Waals surface area contributed by atoms with Crippen LogP contribution in [0.2, 0.25) is 0 Å². The van der Waals surface area contributed by atoms with E-state index in [0.29, 0.717) is 38.8 Å². The number of halogens is 2. The molecule has 0 unspecified atom stereocenters. The molecular weight excluding hydrogens is 632 g/mol. The van der Waals surface area contributed by atoms with Gasteiger partial charge in [-0.2, -0.15) is 0 Å². The molecule has 4 rings (SSSR count). The van der Waals surface area contributed by atoms with E-state index in [9.17, 15) is 34.0 Å². The summed E-state index contributed by atoms with van der Waals surface area (Å²) in [6.45, 7) is 2.88. The molecule has 1 amide bonds. The molecule has 13 nitrogen and oxygen atoms in total. The first-order valence-electron chi connectivity index (χ1n) is 16.6. The van der Waals surface area contributed by atoms with Crippen LogP contribution in [0.4, 0.5) is 14.7 Å². The van der Waals surface area contributed by atoms with E-state index in [1.54, 1.807) is 19.5 Å². The Bertz CT molecular complexity index is 1260. The van der Waals surface area contributed by atoms with E-state index in [1.807, 2.05) is 0 Å². The van der Waals surface area contributed by atoms with Crippen LogP contribution in [-0.4, -0.2) is 130 Å². The van der Waals surface area contributed by atoms with Gasteiger partial charge in [-0.05, 0) is 31.6 Å². The normalized spacial score (nSPS) is 18.3. The highest BCUT2D eigenvalue weighted by atomic mass is 19.1. The van der Waals surface area contributed by atoms with Gasteiger partial charge in [-0.3, -0.25) is 4.79 Å². The minimum atomic E-state index is -1.71. The summed E-state index contributed by atoms with van der Waals surface area (Å²) in [4.78, 5) is 25.2. The number of rotatable bonds is 19. The number of anilines is 1. The van der Waals surface area contributed by atoms with Crippen LogP contribution in [0, 0.1) is 23.5 Å². The second kappa shape index (κ2) is 18.6. The maximum atomic E-state index is 14.8. The zero-order chi connectivity index (χ0) is 34.6. The number of aliphatic hydroxyl groups is 5. The van der Waals surface area contributed by atoms with Gasteiger partial charge in [-0.25, -0.2) is 18.7 Å². The minimum Gasteiger partial charge on any atom is -0.493 e. The van der Waals surface area contributed by atoms with Crippen molar-refractivity contribution in [2.45, 2.75) is 69.5 Å². The fraction of sp³-hybridized carbons (Fsp3) is 0.667. The molecule has 2 aromatic rings. The van der Waals surface area contributed by atoms with Crippen molar-refractivity contribution in [2.75, 3.05) is 64.5 Å².